The van der Waals surface area contributed by atoms with Gasteiger partial charge in [-0.2, -0.15) is 11.8 Å². The van der Waals surface area contributed by atoms with Gasteiger partial charge in [0.15, 0.2) is 0 Å². The molecule has 1 N–H and O–H groups in total. The molecule has 21 heavy (non-hydrogen) atoms. The van der Waals surface area contributed by atoms with Crippen molar-refractivity contribution >= 4 is 29.3 Å². The topological polar surface area (TPSA) is 37.8 Å². The van der Waals surface area contributed by atoms with E-state index in [-0.39, 0.29) is 0 Å². The first-order valence-corrected chi connectivity index (χ1v) is 9.45. The number of nitrogens with one attached hydrogen (secondary N) is 1. The highest BCUT2D eigenvalue weighted by molar-refractivity contribution is 8.06. The molecule has 1 fully saturated rings. The summed E-state index contributed by atoms with van der Waals surface area (Å²) in [5.41, 5.74) is 2.15. The predicted octanol–water partition coefficient (Wildman–Crippen LogP) is 4.10. The Bertz CT molecular complexity index is 583. The summed E-state index contributed by atoms with van der Waals surface area (Å²) >= 11 is 3.97. The first kappa shape index (κ1) is 14.7. The highest BCUT2D eigenvalue weighted by Crippen LogP contribution is 2.36. The van der Waals surface area contributed by atoms with Crippen LogP contribution < -0.4 is 5.32 Å². The second-order valence-electron chi connectivity index (χ2n) is 4.83. The van der Waals surface area contributed by atoms with E-state index < -0.39 is 0 Å². The van der Waals surface area contributed by atoms with Crippen LogP contribution in [-0.4, -0.2) is 33.8 Å². The summed E-state index contributed by atoms with van der Waals surface area (Å²) in [7, 11) is 0. The highest BCUT2D eigenvalue weighted by Gasteiger charge is 2.20. The Hall–Kier alpha value is -1.20. The van der Waals surface area contributed by atoms with Crippen molar-refractivity contribution in [1.82, 2.24) is 9.97 Å². The third-order valence-corrected chi connectivity index (χ3v) is 6.03. The fourth-order valence-corrected chi connectivity index (χ4v) is 4.87. The van der Waals surface area contributed by atoms with E-state index in [1.54, 1.807) is 0 Å². The van der Waals surface area contributed by atoms with E-state index in [0.29, 0.717) is 5.25 Å². The Balaban J connectivity index is 1.97. The molecule has 5 heteroatoms. The number of nitrogens with zero attached hydrogens (tertiary/aromatic N) is 2. The Morgan fingerprint density at radius 1 is 1.19 bits per heavy atom. The van der Waals surface area contributed by atoms with Crippen molar-refractivity contribution in [2.75, 3.05) is 29.1 Å². The monoisotopic (exact) mass is 317 g/mol. The summed E-state index contributed by atoms with van der Waals surface area (Å²) in [5, 5.41) is 3.74. The normalized spacial score (nSPS) is 18.4. The van der Waals surface area contributed by atoms with Crippen LogP contribution in [0, 0.1) is 0 Å². The van der Waals surface area contributed by atoms with Crippen LogP contribution in [-0.2, 0) is 0 Å². The Labute approximate surface area is 134 Å². The zero-order valence-electron chi connectivity index (χ0n) is 12.1. The molecule has 1 atom stereocenters. The first-order valence-electron chi connectivity index (χ1n) is 7.24. The van der Waals surface area contributed by atoms with Crippen LogP contribution in [0.2, 0.25) is 0 Å². The minimum atomic E-state index is 0.407. The number of aromatic nitrogens is 2. The van der Waals surface area contributed by atoms with E-state index in [9.17, 15) is 0 Å². The number of hydrogen-bond donors (Lipinski definition) is 1. The molecule has 2 heterocycles. The predicted molar refractivity (Wildman–Crippen MR) is 94.2 cm³/mol. The number of hydrogen-bond acceptors (Lipinski definition) is 5. The first-order chi connectivity index (χ1) is 10.4. The summed E-state index contributed by atoms with van der Waals surface area (Å²) in [4.78, 5) is 9.54. The molecule has 1 aromatic heterocycles. The van der Waals surface area contributed by atoms with Gasteiger partial charge in [0.05, 0.1) is 10.9 Å². The zero-order valence-corrected chi connectivity index (χ0v) is 13.7. The van der Waals surface area contributed by atoms with E-state index in [1.165, 1.54) is 11.5 Å². The molecule has 0 spiro atoms. The maximum atomic E-state index is 4.82. The minimum absolute atomic E-state index is 0.407. The minimum Gasteiger partial charge on any atom is -0.370 e. The summed E-state index contributed by atoms with van der Waals surface area (Å²) in [6.07, 6.45) is 0. The van der Waals surface area contributed by atoms with Crippen molar-refractivity contribution in [2.24, 2.45) is 0 Å². The molecule has 3 nitrogen and oxygen atoms in total. The molecule has 0 aliphatic carbocycles. The molecule has 3 rings (SSSR count). The second-order valence-corrected chi connectivity index (χ2v) is 7.29. The number of benzene rings is 1. The van der Waals surface area contributed by atoms with Crippen LogP contribution >= 0.6 is 23.5 Å². The van der Waals surface area contributed by atoms with Gasteiger partial charge in [0, 0.05) is 35.4 Å². The fourth-order valence-electron chi connectivity index (χ4n) is 2.28. The van der Waals surface area contributed by atoms with Crippen molar-refractivity contribution in [3.63, 3.8) is 0 Å². The van der Waals surface area contributed by atoms with Gasteiger partial charge in [-0.1, -0.05) is 30.3 Å². The summed E-state index contributed by atoms with van der Waals surface area (Å²) in [5.74, 6) is 5.42. The molecular formula is C16H19N3S2. The van der Waals surface area contributed by atoms with Gasteiger partial charge in [-0.15, -0.1) is 11.8 Å². The summed E-state index contributed by atoms with van der Waals surface area (Å²) in [6, 6.07) is 12.4. The average molecular weight is 317 g/mol. The molecule has 1 unspecified atom stereocenters. The van der Waals surface area contributed by atoms with Gasteiger partial charge >= 0.3 is 0 Å². The molecule has 110 valence electrons. The van der Waals surface area contributed by atoms with Crippen molar-refractivity contribution in [2.45, 2.75) is 12.2 Å². The van der Waals surface area contributed by atoms with Crippen molar-refractivity contribution in [3.05, 3.63) is 42.2 Å². The number of anilines is 1. The lowest BCUT2D eigenvalue weighted by molar-refractivity contribution is 0.924. The SMILES string of the molecule is CCNc1cc(-c2ccccc2)nc(C2CSCCS2)n1. The molecule has 1 aromatic carbocycles. The maximum Gasteiger partial charge on any atom is 0.145 e. The van der Waals surface area contributed by atoms with Gasteiger partial charge in [0.25, 0.3) is 0 Å². The van der Waals surface area contributed by atoms with E-state index in [4.69, 9.17) is 9.97 Å². The molecule has 0 saturated carbocycles. The van der Waals surface area contributed by atoms with E-state index in [2.05, 4.69) is 36.5 Å². The molecule has 0 radical (unpaired) electrons. The molecule has 0 amide bonds. The van der Waals surface area contributed by atoms with Crippen molar-refractivity contribution < 1.29 is 0 Å². The van der Waals surface area contributed by atoms with Crippen molar-refractivity contribution in [3.8, 4) is 11.3 Å². The Kier molecular flexibility index (Phi) is 5.04. The van der Waals surface area contributed by atoms with Crippen LogP contribution in [0.1, 0.15) is 18.0 Å². The van der Waals surface area contributed by atoms with E-state index in [0.717, 1.165) is 35.2 Å². The van der Waals surface area contributed by atoms with Gasteiger partial charge in [0.1, 0.15) is 11.6 Å². The smallest absolute Gasteiger partial charge is 0.145 e. The number of thioether (sulfide) groups is 2. The quantitative estimate of drug-likeness (QED) is 0.919. The maximum absolute atomic E-state index is 4.82. The Morgan fingerprint density at radius 2 is 2.05 bits per heavy atom. The standard InChI is InChI=1S/C16H19N3S2/c1-2-17-15-10-13(12-6-4-3-5-7-12)18-16(19-15)14-11-20-8-9-21-14/h3-7,10,14H,2,8-9,11H2,1H3,(H,17,18,19). The van der Waals surface area contributed by atoms with Crippen LogP contribution in [0.4, 0.5) is 5.82 Å². The molecule has 2 aromatic rings. The van der Waals surface area contributed by atoms with Crippen LogP contribution in [0.5, 0.6) is 0 Å². The largest absolute Gasteiger partial charge is 0.370 e. The van der Waals surface area contributed by atoms with E-state index >= 15 is 0 Å². The molecular weight excluding hydrogens is 298 g/mol. The van der Waals surface area contributed by atoms with Crippen molar-refractivity contribution in [1.29, 1.82) is 0 Å². The van der Waals surface area contributed by atoms with Gasteiger partial charge in [-0.3, -0.25) is 0 Å². The lowest BCUT2D eigenvalue weighted by Crippen LogP contribution is -2.12. The Morgan fingerprint density at radius 3 is 2.76 bits per heavy atom. The summed E-state index contributed by atoms with van der Waals surface area (Å²) < 4.78 is 0. The van der Waals surface area contributed by atoms with Gasteiger partial charge in [0.2, 0.25) is 0 Å². The highest BCUT2D eigenvalue weighted by atomic mass is 32.2. The molecule has 1 aliphatic rings. The number of rotatable bonds is 4. The van der Waals surface area contributed by atoms with Gasteiger partial charge in [-0.05, 0) is 6.92 Å². The third kappa shape index (κ3) is 3.71. The lowest BCUT2D eigenvalue weighted by atomic mass is 10.1. The van der Waals surface area contributed by atoms with Crippen LogP contribution in [0.25, 0.3) is 11.3 Å². The fraction of sp³-hybridized carbons (Fsp3) is 0.375. The summed E-state index contributed by atoms with van der Waals surface area (Å²) in [6.45, 7) is 2.96. The van der Waals surface area contributed by atoms with E-state index in [1.807, 2.05) is 35.7 Å². The molecule has 1 aliphatic heterocycles. The third-order valence-electron chi connectivity index (χ3n) is 3.27. The molecule has 1 saturated heterocycles. The molecule has 0 bridgehead atoms. The second kappa shape index (κ2) is 7.18. The zero-order chi connectivity index (χ0) is 14.5. The van der Waals surface area contributed by atoms with Crippen LogP contribution in [0.3, 0.4) is 0 Å². The van der Waals surface area contributed by atoms with Gasteiger partial charge in [-0.25, -0.2) is 9.97 Å². The lowest BCUT2D eigenvalue weighted by Gasteiger charge is -2.20. The van der Waals surface area contributed by atoms with Crippen LogP contribution in [0.15, 0.2) is 36.4 Å². The average Bonchev–Trinajstić information content (AvgIpc) is 2.56. The van der Waals surface area contributed by atoms with Gasteiger partial charge < -0.3 is 5.32 Å².